The topological polar surface area (TPSA) is 20.3 Å². The van der Waals surface area contributed by atoms with Crippen molar-refractivity contribution in [2.75, 3.05) is 6.54 Å². The minimum atomic E-state index is 0.0607. The first-order valence-corrected chi connectivity index (χ1v) is 7.09. The number of carbonyl (C=O) groups is 1. The van der Waals surface area contributed by atoms with Crippen molar-refractivity contribution in [2.24, 2.45) is 0 Å². The summed E-state index contributed by atoms with van der Waals surface area (Å²) in [5.74, 6) is 0.0607. The lowest BCUT2D eigenvalue weighted by Gasteiger charge is -2.22. The smallest absolute Gasteiger partial charge is 0.254 e. The molecule has 0 aliphatic heterocycles. The number of rotatable bonds is 4. The summed E-state index contributed by atoms with van der Waals surface area (Å²) in [5.41, 5.74) is 2.81. The molecule has 2 nitrogen and oxygen atoms in total. The second kappa shape index (κ2) is 6.58. The van der Waals surface area contributed by atoms with Crippen LogP contribution in [0.1, 0.15) is 28.4 Å². The van der Waals surface area contributed by atoms with Gasteiger partial charge in [-0.1, -0.05) is 41.9 Å². The van der Waals surface area contributed by atoms with Gasteiger partial charge in [0.15, 0.2) is 0 Å². The molecular weight excluding hydrogens is 270 g/mol. The number of carbonyl (C=O) groups excluding carboxylic acids is 1. The number of halogens is 1. The number of benzene rings is 2. The SMILES string of the molecule is CCN(Cc1cccc(Cl)c1)C(=O)c1ccccc1C. The quantitative estimate of drug-likeness (QED) is 0.820. The summed E-state index contributed by atoms with van der Waals surface area (Å²) >= 11 is 5.99. The molecule has 20 heavy (non-hydrogen) atoms. The first kappa shape index (κ1) is 14.6. The maximum absolute atomic E-state index is 12.6. The lowest BCUT2D eigenvalue weighted by molar-refractivity contribution is 0.0752. The zero-order valence-electron chi connectivity index (χ0n) is 11.8. The Morgan fingerprint density at radius 3 is 2.55 bits per heavy atom. The van der Waals surface area contributed by atoms with E-state index in [4.69, 9.17) is 11.6 Å². The standard InChI is InChI=1S/C17H18ClNO/c1-3-19(12-14-8-6-9-15(18)11-14)17(20)16-10-5-4-7-13(16)2/h4-11H,3,12H2,1-2H3. The van der Waals surface area contributed by atoms with E-state index >= 15 is 0 Å². The van der Waals surface area contributed by atoms with Gasteiger partial charge >= 0.3 is 0 Å². The van der Waals surface area contributed by atoms with Crippen LogP contribution in [0.15, 0.2) is 48.5 Å². The van der Waals surface area contributed by atoms with Gasteiger partial charge in [-0.05, 0) is 43.2 Å². The van der Waals surface area contributed by atoms with Crippen molar-refractivity contribution in [1.82, 2.24) is 4.90 Å². The van der Waals surface area contributed by atoms with Gasteiger partial charge in [0.2, 0.25) is 0 Å². The highest BCUT2D eigenvalue weighted by molar-refractivity contribution is 6.30. The highest BCUT2D eigenvalue weighted by Gasteiger charge is 2.16. The van der Waals surface area contributed by atoms with Crippen molar-refractivity contribution in [2.45, 2.75) is 20.4 Å². The molecule has 2 aromatic carbocycles. The molecule has 0 aliphatic rings. The van der Waals surface area contributed by atoms with Crippen molar-refractivity contribution < 1.29 is 4.79 Å². The minimum absolute atomic E-state index is 0.0607. The van der Waals surface area contributed by atoms with Crippen LogP contribution in [-0.4, -0.2) is 17.4 Å². The van der Waals surface area contributed by atoms with Crippen LogP contribution in [0.2, 0.25) is 5.02 Å². The van der Waals surface area contributed by atoms with E-state index in [1.165, 1.54) is 0 Å². The average molecular weight is 288 g/mol. The summed E-state index contributed by atoms with van der Waals surface area (Å²) in [4.78, 5) is 14.4. The molecule has 0 fully saturated rings. The first-order valence-electron chi connectivity index (χ1n) is 6.71. The van der Waals surface area contributed by atoms with Gasteiger partial charge in [-0.2, -0.15) is 0 Å². The summed E-state index contributed by atoms with van der Waals surface area (Å²) in [6.07, 6.45) is 0. The summed E-state index contributed by atoms with van der Waals surface area (Å²) in [6.45, 7) is 5.19. The van der Waals surface area contributed by atoms with Gasteiger partial charge < -0.3 is 4.90 Å². The van der Waals surface area contributed by atoms with E-state index in [1.54, 1.807) is 0 Å². The minimum Gasteiger partial charge on any atom is -0.335 e. The summed E-state index contributed by atoms with van der Waals surface area (Å²) < 4.78 is 0. The van der Waals surface area contributed by atoms with E-state index < -0.39 is 0 Å². The molecular formula is C17H18ClNO. The van der Waals surface area contributed by atoms with E-state index in [0.29, 0.717) is 18.1 Å². The molecule has 0 radical (unpaired) electrons. The summed E-state index contributed by atoms with van der Waals surface area (Å²) in [6, 6.07) is 15.3. The molecule has 0 aromatic heterocycles. The number of hydrogen-bond donors (Lipinski definition) is 0. The fourth-order valence-corrected chi connectivity index (χ4v) is 2.38. The summed E-state index contributed by atoms with van der Waals surface area (Å²) in [7, 11) is 0. The lowest BCUT2D eigenvalue weighted by atomic mass is 10.1. The summed E-state index contributed by atoms with van der Waals surface area (Å²) in [5, 5.41) is 0.696. The van der Waals surface area contributed by atoms with Crippen LogP contribution in [0.3, 0.4) is 0 Å². The highest BCUT2D eigenvalue weighted by atomic mass is 35.5. The molecule has 104 valence electrons. The third-order valence-electron chi connectivity index (χ3n) is 3.31. The lowest BCUT2D eigenvalue weighted by Crippen LogP contribution is -2.30. The molecule has 0 heterocycles. The predicted molar refractivity (Wildman–Crippen MR) is 83.0 cm³/mol. The van der Waals surface area contributed by atoms with Crippen molar-refractivity contribution in [1.29, 1.82) is 0 Å². The Bertz CT molecular complexity index is 609. The van der Waals surface area contributed by atoms with Crippen LogP contribution in [0, 0.1) is 6.92 Å². The van der Waals surface area contributed by atoms with Crippen molar-refractivity contribution in [3.05, 3.63) is 70.2 Å². The van der Waals surface area contributed by atoms with E-state index in [9.17, 15) is 4.79 Å². The van der Waals surface area contributed by atoms with Crippen LogP contribution < -0.4 is 0 Å². The molecule has 0 N–H and O–H groups in total. The monoisotopic (exact) mass is 287 g/mol. The maximum Gasteiger partial charge on any atom is 0.254 e. The molecule has 0 saturated heterocycles. The Hall–Kier alpha value is -1.80. The van der Waals surface area contributed by atoms with Crippen LogP contribution >= 0.6 is 11.6 Å². The second-order valence-electron chi connectivity index (χ2n) is 4.76. The molecule has 0 atom stereocenters. The Balaban J connectivity index is 2.20. The maximum atomic E-state index is 12.6. The zero-order chi connectivity index (χ0) is 14.5. The Labute approximate surface area is 125 Å². The average Bonchev–Trinajstić information content (AvgIpc) is 2.44. The van der Waals surface area contributed by atoms with Crippen molar-refractivity contribution >= 4 is 17.5 Å². The predicted octanol–water partition coefficient (Wildman–Crippen LogP) is 4.31. The van der Waals surface area contributed by atoms with Gasteiger partial charge in [-0.15, -0.1) is 0 Å². The normalized spacial score (nSPS) is 10.3. The molecule has 3 heteroatoms. The van der Waals surface area contributed by atoms with E-state index in [2.05, 4.69) is 0 Å². The zero-order valence-corrected chi connectivity index (χ0v) is 12.5. The van der Waals surface area contributed by atoms with Crippen LogP contribution in [-0.2, 0) is 6.54 Å². The molecule has 0 saturated carbocycles. The first-order chi connectivity index (χ1) is 9.61. The number of aryl methyl sites for hydroxylation is 1. The number of hydrogen-bond acceptors (Lipinski definition) is 1. The van der Waals surface area contributed by atoms with Crippen molar-refractivity contribution in [3.8, 4) is 0 Å². The Morgan fingerprint density at radius 2 is 1.90 bits per heavy atom. The third kappa shape index (κ3) is 3.40. The number of nitrogens with zero attached hydrogens (tertiary/aromatic N) is 1. The van der Waals surface area contributed by atoms with Gasteiger partial charge in [0, 0.05) is 23.7 Å². The molecule has 0 bridgehead atoms. The molecule has 0 unspecified atom stereocenters. The van der Waals surface area contributed by atoms with Gasteiger partial charge in [0.1, 0.15) is 0 Å². The van der Waals surface area contributed by atoms with Crippen molar-refractivity contribution in [3.63, 3.8) is 0 Å². The Morgan fingerprint density at radius 1 is 1.15 bits per heavy atom. The Kier molecular flexibility index (Phi) is 4.80. The molecule has 0 spiro atoms. The fourth-order valence-electron chi connectivity index (χ4n) is 2.17. The molecule has 0 aliphatic carbocycles. The largest absolute Gasteiger partial charge is 0.335 e. The van der Waals surface area contributed by atoms with E-state index in [-0.39, 0.29) is 5.91 Å². The van der Waals surface area contributed by atoms with Gasteiger partial charge in [-0.3, -0.25) is 4.79 Å². The third-order valence-corrected chi connectivity index (χ3v) is 3.54. The van der Waals surface area contributed by atoms with Gasteiger partial charge in [-0.25, -0.2) is 0 Å². The van der Waals surface area contributed by atoms with Crippen LogP contribution in [0.4, 0.5) is 0 Å². The molecule has 2 aromatic rings. The van der Waals surface area contributed by atoms with E-state index in [1.807, 2.05) is 67.3 Å². The fraction of sp³-hybridized carbons (Fsp3) is 0.235. The molecule has 2 rings (SSSR count). The van der Waals surface area contributed by atoms with Gasteiger partial charge in [0.05, 0.1) is 0 Å². The van der Waals surface area contributed by atoms with Gasteiger partial charge in [0.25, 0.3) is 5.91 Å². The number of amides is 1. The van der Waals surface area contributed by atoms with E-state index in [0.717, 1.165) is 16.7 Å². The second-order valence-corrected chi connectivity index (χ2v) is 5.20. The van der Waals surface area contributed by atoms with Crippen LogP contribution in [0.5, 0.6) is 0 Å². The highest BCUT2D eigenvalue weighted by Crippen LogP contribution is 2.16. The molecule has 1 amide bonds. The van der Waals surface area contributed by atoms with Crippen LogP contribution in [0.25, 0.3) is 0 Å².